The van der Waals surface area contributed by atoms with Crippen molar-refractivity contribution in [3.05, 3.63) is 0 Å². The van der Waals surface area contributed by atoms with Gasteiger partial charge >= 0.3 is 0 Å². The lowest BCUT2D eigenvalue weighted by molar-refractivity contribution is -0.118. The van der Waals surface area contributed by atoms with Crippen LogP contribution in [0.1, 0.15) is 48.0 Å². The van der Waals surface area contributed by atoms with Crippen LogP contribution in [0.4, 0.5) is 0 Å². The predicted molar refractivity (Wildman–Crippen MR) is 61.3 cm³/mol. The van der Waals surface area contributed by atoms with Crippen molar-refractivity contribution in [3.8, 4) is 0 Å². The van der Waals surface area contributed by atoms with Crippen molar-refractivity contribution in [1.29, 1.82) is 0 Å². The predicted octanol–water partition coefficient (Wildman–Crippen LogP) is 3.52. The summed E-state index contributed by atoms with van der Waals surface area (Å²) in [6.07, 6.45) is 0.691. The van der Waals surface area contributed by atoms with Gasteiger partial charge in [-0.15, -0.1) is 11.8 Å². The van der Waals surface area contributed by atoms with Gasteiger partial charge in [0.2, 0.25) is 0 Å². The van der Waals surface area contributed by atoms with Crippen molar-refractivity contribution >= 4 is 17.5 Å². The van der Waals surface area contributed by atoms with Gasteiger partial charge in [0.05, 0.1) is 5.75 Å². The van der Waals surface area contributed by atoms with Crippen LogP contribution in [-0.2, 0) is 4.79 Å². The molecule has 0 saturated carbocycles. The van der Waals surface area contributed by atoms with E-state index in [4.69, 9.17) is 0 Å². The third-order valence-corrected chi connectivity index (χ3v) is 2.73. The molecule has 0 saturated heterocycles. The minimum absolute atomic E-state index is 0.134. The van der Waals surface area contributed by atoms with E-state index in [9.17, 15) is 4.79 Å². The van der Waals surface area contributed by atoms with Gasteiger partial charge < -0.3 is 0 Å². The van der Waals surface area contributed by atoms with E-state index < -0.39 is 0 Å². The fourth-order valence-electron chi connectivity index (χ4n) is 0.940. The third-order valence-electron chi connectivity index (χ3n) is 1.39. The molecule has 0 aromatic heterocycles. The Kier molecular flexibility index (Phi) is 4.50. The van der Waals surface area contributed by atoms with E-state index in [2.05, 4.69) is 41.5 Å². The van der Waals surface area contributed by atoms with Crippen LogP contribution in [0.25, 0.3) is 0 Å². The van der Waals surface area contributed by atoms with Crippen LogP contribution >= 0.6 is 11.8 Å². The molecule has 0 N–H and O–H groups in total. The van der Waals surface area contributed by atoms with Crippen molar-refractivity contribution in [1.82, 2.24) is 0 Å². The second-order valence-electron chi connectivity index (χ2n) is 5.68. The molecule has 0 spiro atoms. The van der Waals surface area contributed by atoms with Crippen molar-refractivity contribution < 1.29 is 4.79 Å². The summed E-state index contributed by atoms with van der Waals surface area (Å²) in [5, 5.41) is 0. The molecule has 13 heavy (non-hydrogen) atoms. The summed E-state index contributed by atoms with van der Waals surface area (Å²) in [4.78, 5) is 11.5. The molecule has 2 heteroatoms. The number of thioether (sulfide) groups is 1. The Morgan fingerprint density at radius 2 is 1.54 bits per heavy atom. The molecule has 0 aliphatic rings. The van der Waals surface area contributed by atoms with Crippen LogP contribution in [-0.4, -0.2) is 16.3 Å². The van der Waals surface area contributed by atoms with Gasteiger partial charge in [-0.3, -0.25) is 4.79 Å². The SMILES string of the molecule is CC(C)(C)CC(=O)CSC(C)(C)C. The summed E-state index contributed by atoms with van der Waals surface area (Å²) in [7, 11) is 0. The van der Waals surface area contributed by atoms with Crippen LogP contribution in [0.3, 0.4) is 0 Å². The largest absolute Gasteiger partial charge is 0.299 e. The molecule has 1 nitrogen and oxygen atoms in total. The van der Waals surface area contributed by atoms with Crippen LogP contribution in [0.2, 0.25) is 0 Å². The van der Waals surface area contributed by atoms with E-state index >= 15 is 0 Å². The summed E-state index contributed by atoms with van der Waals surface area (Å²) < 4.78 is 0.202. The molecule has 0 amide bonds. The quantitative estimate of drug-likeness (QED) is 0.696. The standard InChI is InChI=1S/C11H22OS/c1-10(2,3)7-9(12)8-13-11(4,5)6/h7-8H2,1-6H3. The van der Waals surface area contributed by atoms with Crippen molar-refractivity contribution in [2.45, 2.75) is 52.7 Å². The maximum atomic E-state index is 11.5. The molecule has 0 bridgehead atoms. The van der Waals surface area contributed by atoms with Crippen LogP contribution in [0, 0.1) is 5.41 Å². The maximum absolute atomic E-state index is 11.5. The van der Waals surface area contributed by atoms with E-state index in [1.165, 1.54) is 0 Å². The van der Waals surface area contributed by atoms with Crippen molar-refractivity contribution in [2.75, 3.05) is 5.75 Å². The molecular weight excluding hydrogens is 180 g/mol. The highest BCUT2D eigenvalue weighted by molar-refractivity contribution is 8.01. The molecule has 0 aromatic carbocycles. The highest BCUT2D eigenvalue weighted by Crippen LogP contribution is 2.25. The number of carbonyl (C=O) groups excluding carboxylic acids is 1. The Morgan fingerprint density at radius 1 is 1.08 bits per heavy atom. The fraction of sp³-hybridized carbons (Fsp3) is 0.909. The zero-order chi connectivity index (χ0) is 10.7. The van der Waals surface area contributed by atoms with Gasteiger partial charge in [-0.25, -0.2) is 0 Å². The Hall–Kier alpha value is 0.0200. The normalized spacial score (nSPS) is 13.1. The van der Waals surface area contributed by atoms with Gasteiger partial charge in [0.15, 0.2) is 0 Å². The van der Waals surface area contributed by atoms with E-state index in [0.29, 0.717) is 18.0 Å². The molecule has 0 fully saturated rings. The summed E-state index contributed by atoms with van der Waals surface area (Å²) >= 11 is 1.73. The zero-order valence-corrected chi connectivity index (χ0v) is 10.5. The first kappa shape index (κ1) is 13.0. The molecule has 0 rings (SSSR count). The number of ketones is 1. The lowest BCUT2D eigenvalue weighted by atomic mass is 9.90. The molecule has 0 aliphatic carbocycles. The average Bonchev–Trinajstić information content (AvgIpc) is 1.78. The first-order chi connectivity index (χ1) is 5.60. The smallest absolute Gasteiger partial charge is 0.143 e. The fourth-order valence-corrected chi connectivity index (χ4v) is 1.64. The second-order valence-corrected chi connectivity index (χ2v) is 7.48. The molecule has 0 aliphatic heterocycles. The van der Waals surface area contributed by atoms with Crippen LogP contribution in [0.15, 0.2) is 0 Å². The zero-order valence-electron chi connectivity index (χ0n) is 9.73. The summed E-state index contributed by atoms with van der Waals surface area (Å²) in [5.41, 5.74) is 0.134. The van der Waals surface area contributed by atoms with Gasteiger partial charge in [0, 0.05) is 11.2 Å². The summed E-state index contributed by atoms with van der Waals surface area (Å²) in [6, 6.07) is 0. The van der Waals surface area contributed by atoms with E-state index in [-0.39, 0.29) is 10.2 Å². The first-order valence-corrected chi connectivity index (χ1v) is 5.74. The number of Topliss-reactive ketones (excluding diaryl/α,β-unsaturated/α-hetero) is 1. The highest BCUT2D eigenvalue weighted by atomic mass is 32.2. The molecule has 78 valence electrons. The maximum Gasteiger partial charge on any atom is 0.143 e. The Bertz CT molecular complexity index is 172. The van der Waals surface area contributed by atoms with Crippen LogP contribution < -0.4 is 0 Å². The summed E-state index contributed by atoms with van der Waals surface area (Å²) in [5.74, 6) is 1.02. The van der Waals surface area contributed by atoms with Crippen molar-refractivity contribution in [3.63, 3.8) is 0 Å². The van der Waals surface area contributed by atoms with Gasteiger partial charge in [0.1, 0.15) is 5.78 Å². The Morgan fingerprint density at radius 3 is 1.85 bits per heavy atom. The van der Waals surface area contributed by atoms with Gasteiger partial charge in [-0.2, -0.15) is 0 Å². The summed E-state index contributed by atoms with van der Waals surface area (Å²) in [6.45, 7) is 12.7. The lowest BCUT2D eigenvalue weighted by Gasteiger charge is -2.20. The number of rotatable bonds is 3. The molecular formula is C11H22OS. The van der Waals surface area contributed by atoms with Gasteiger partial charge in [0.25, 0.3) is 0 Å². The molecule has 0 atom stereocenters. The molecule has 0 aromatic rings. The van der Waals surface area contributed by atoms with Gasteiger partial charge in [-0.1, -0.05) is 41.5 Å². The second kappa shape index (κ2) is 4.50. The van der Waals surface area contributed by atoms with E-state index in [1.54, 1.807) is 11.8 Å². The highest BCUT2D eigenvalue weighted by Gasteiger charge is 2.18. The lowest BCUT2D eigenvalue weighted by Crippen LogP contribution is -2.18. The topological polar surface area (TPSA) is 17.1 Å². The van der Waals surface area contributed by atoms with Crippen LogP contribution in [0.5, 0.6) is 0 Å². The van der Waals surface area contributed by atoms with E-state index in [0.717, 1.165) is 0 Å². The monoisotopic (exact) mass is 202 g/mol. The number of hydrogen-bond acceptors (Lipinski definition) is 2. The molecule has 0 radical (unpaired) electrons. The van der Waals surface area contributed by atoms with Gasteiger partial charge in [-0.05, 0) is 5.41 Å². The Labute approximate surface area is 86.7 Å². The minimum atomic E-state index is 0.134. The van der Waals surface area contributed by atoms with Crippen molar-refractivity contribution in [2.24, 2.45) is 5.41 Å². The molecule has 0 unspecified atom stereocenters. The minimum Gasteiger partial charge on any atom is -0.299 e. The van der Waals surface area contributed by atoms with E-state index in [1.807, 2.05) is 0 Å². The Balaban J connectivity index is 3.78. The number of carbonyl (C=O) groups is 1. The first-order valence-electron chi connectivity index (χ1n) is 4.76. The average molecular weight is 202 g/mol. The third kappa shape index (κ3) is 9.94. The molecule has 0 heterocycles. The number of hydrogen-bond donors (Lipinski definition) is 0.